The van der Waals surface area contributed by atoms with Gasteiger partial charge in [0, 0.05) is 18.3 Å². The van der Waals surface area contributed by atoms with E-state index < -0.39 is 12.8 Å². The van der Waals surface area contributed by atoms with Gasteiger partial charge in [-0.1, -0.05) is 0 Å². The average molecular weight is 173 g/mol. The number of hydrogen-bond acceptors (Lipinski definition) is 3. The monoisotopic (exact) mass is 173 g/mol. The maximum Gasteiger partial charge on any atom is 0.117 e. The maximum absolute atomic E-state index is 11.8. The van der Waals surface area contributed by atoms with Crippen LogP contribution >= 0.6 is 0 Å². The molecule has 1 rings (SSSR count). The van der Waals surface area contributed by atoms with Gasteiger partial charge in [-0.3, -0.25) is 4.68 Å². The molecule has 0 saturated heterocycles. The van der Waals surface area contributed by atoms with Crippen LogP contribution in [-0.4, -0.2) is 27.7 Å². The van der Waals surface area contributed by atoms with E-state index in [9.17, 15) is 4.39 Å². The zero-order valence-corrected chi connectivity index (χ0v) is 6.65. The molecule has 0 saturated carbocycles. The van der Waals surface area contributed by atoms with Crippen molar-refractivity contribution in [2.75, 3.05) is 6.67 Å². The van der Waals surface area contributed by atoms with E-state index in [0.717, 1.165) is 5.56 Å². The summed E-state index contributed by atoms with van der Waals surface area (Å²) < 4.78 is 13.3. The van der Waals surface area contributed by atoms with Crippen molar-refractivity contribution in [1.82, 2.24) is 9.78 Å². The van der Waals surface area contributed by atoms with Crippen molar-refractivity contribution in [3.63, 3.8) is 0 Å². The van der Waals surface area contributed by atoms with Crippen LogP contribution in [0.5, 0.6) is 0 Å². The van der Waals surface area contributed by atoms with Crippen molar-refractivity contribution >= 4 is 0 Å². The first kappa shape index (κ1) is 9.15. The first-order valence-electron chi connectivity index (χ1n) is 3.71. The van der Waals surface area contributed by atoms with Gasteiger partial charge in [0.25, 0.3) is 0 Å². The van der Waals surface area contributed by atoms with Gasteiger partial charge in [-0.15, -0.1) is 0 Å². The van der Waals surface area contributed by atoms with Crippen molar-refractivity contribution in [3.05, 3.63) is 18.0 Å². The van der Waals surface area contributed by atoms with E-state index in [2.05, 4.69) is 5.10 Å². The summed E-state index contributed by atoms with van der Waals surface area (Å²) >= 11 is 0. The lowest BCUT2D eigenvalue weighted by molar-refractivity contribution is 0.118. The molecule has 0 aromatic carbocycles. The second-order valence-corrected chi connectivity index (χ2v) is 2.58. The first-order chi connectivity index (χ1) is 5.76. The lowest BCUT2D eigenvalue weighted by atomic mass is 10.3. The second-order valence-electron chi connectivity index (χ2n) is 2.58. The summed E-state index contributed by atoms with van der Waals surface area (Å²) in [5.41, 5.74) is 6.21. The molecular weight excluding hydrogens is 161 g/mol. The lowest BCUT2D eigenvalue weighted by Crippen LogP contribution is -2.18. The normalized spacial score (nSPS) is 13.2. The number of aromatic nitrogens is 2. The average Bonchev–Trinajstić information content (AvgIpc) is 2.52. The molecule has 1 heterocycles. The Kier molecular flexibility index (Phi) is 3.19. The first-order valence-corrected chi connectivity index (χ1v) is 3.71. The standard InChI is InChI=1S/C7H12FN3O/c8-1-7(12)5-11-4-6(2-9)3-10-11/h3-4,7,12H,1-2,5,9H2. The molecule has 0 radical (unpaired) electrons. The molecule has 0 aliphatic rings. The SMILES string of the molecule is NCc1cnn(CC(O)CF)c1. The Labute approximate surface area is 69.8 Å². The summed E-state index contributed by atoms with van der Waals surface area (Å²) in [6.07, 6.45) is 2.32. The molecule has 3 N–H and O–H groups in total. The van der Waals surface area contributed by atoms with Gasteiger partial charge in [-0.25, -0.2) is 4.39 Å². The third-order valence-corrected chi connectivity index (χ3v) is 1.50. The molecular formula is C7H12FN3O. The van der Waals surface area contributed by atoms with Gasteiger partial charge in [0.15, 0.2) is 0 Å². The van der Waals surface area contributed by atoms with Crippen LogP contribution in [0, 0.1) is 0 Å². The lowest BCUT2D eigenvalue weighted by Gasteiger charge is -2.04. The Balaban J connectivity index is 2.52. The highest BCUT2D eigenvalue weighted by atomic mass is 19.1. The summed E-state index contributed by atoms with van der Waals surface area (Å²) in [5, 5.41) is 12.8. The Morgan fingerprint density at radius 3 is 3.00 bits per heavy atom. The van der Waals surface area contributed by atoms with Crippen LogP contribution in [0.15, 0.2) is 12.4 Å². The summed E-state index contributed by atoms with van der Waals surface area (Å²) in [6.45, 7) is -0.167. The number of nitrogens with zero attached hydrogens (tertiary/aromatic N) is 2. The molecule has 1 atom stereocenters. The van der Waals surface area contributed by atoms with Gasteiger partial charge in [0.05, 0.1) is 12.7 Å². The van der Waals surface area contributed by atoms with E-state index in [0.29, 0.717) is 6.54 Å². The third-order valence-electron chi connectivity index (χ3n) is 1.50. The van der Waals surface area contributed by atoms with Crippen LogP contribution in [0.4, 0.5) is 4.39 Å². The van der Waals surface area contributed by atoms with Gasteiger partial charge in [0.1, 0.15) is 12.8 Å². The predicted molar refractivity (Wildman–Crippen MR) is 42.1 cm³/mol. The number of hydrogen-bond donors (Lipinski definition) is 2. The van der Waals surface area contributed by atoms with Crippen LogP contribution in [0.1, 0.15) is 5.56 Å². The molecule has 0 bridgehead atoms. The zero-order chi connectivity index (χ0) is 8.97. The van der Waals surface area contributed by atoms with Gasteiger partial charge in [-0.2, -0.15) is 5.10 Å². The highest BCUT2D eigenvalue weighted by Gasteiger charge is 2.04. The fraction of sp³-hybridized carbons (Fsp3) is 0.571. The molecule has 0 aliphatic heterocycles. The van der Waals surface area contributed by atoms with Crippen LogP contribution in [-0.2, 0) is 13.1 Å². The third kappa shape index (κ3) is 2.28. The van der Waals surface area contributed by atoms with Gasteiger partial charge >= 0.3 is 0 Å². The van der Waals surface area contributed by atoms with E-state index in [1.807, 2.05) is 0 Å². The van der Waals surface area contributed by atoms with E-state index in [1.165, 1.54) is 4.68 Å². The van der Waals surface area contributed by atoms with Crippen molar-refractivity contribution in [1.29, 1.82) is 0 Å². The molecule has 1 aromatic heterocycles. The topological polar surface area (TPSA) is 64.1 Å². The minimum absolute atomic E-state index is 0.177. The molecule has 0 spiro atoms. The number of alkyl halides is 1. The molecule has 1 aromatic rings. The predicted octanol–water partition coefficient (Wildman–Crippen LogP) is -0.328. The summed E-state index contributed by atoms with van der Waals surface area (Å²) in [5.74, 6) is 0. The molecule has 4 nitrogen and oxygen atoms in total. The van der Waals surface area contributed by atoms with E-state index in [-0.39, 0.29) is 6.54 Å². The van der Waals surface area contributed by atoms with Crippen LogP contribution in [0.3, 0.4) is 0 Å². The summed E-state index contributed by atoms with van der Waals surface area (Å²) in [7, 11) is 0. The van der Waals surface area contributed by atoms with Gasteiger partial charge in [-0.05, 0) is 0 Å². The zero-order valence-electron chi connectivity index (χ0n) is 6.65. The smallest absolute Gasteiger partial charge is 0.117 e. The van der Waals surface area contributed by atoms with Gasteiger partial charge in [0.2, 0.25) is 0 Å². The van der Waals surface area contributed by atoms with E-state index in [4.69, 9.17) is 10.8 Å². The maximum atomic E-state index is 11.8. The molecule has 5 heteroatoms. The van der Waals surface area contributed by atoms with Crippen LogP contribution in [0.25, 0.3) is 0 Å². The highest BCUT2D eigenvalue weighted by Crippen LogP contribution is 1.97. The molecule has 0 aliphatic carbocycles. The van der Waals surface area contributed by atoms with Crippen molar-refractivity contribution < 1.29 is 9.50 Å². The van der Waals surface area contributed by atoms with E-state index >= 15 is 0 Å². The van der Waals surface area contributed by atoms with Crippen molar-refractivity contribution in [2.45, 2.75) is 19.2 Å². The Morgan fingerprint density at radius 1 is 1.75 bits per heavy atom. The Morgan fingerprint density at radius 2 is 2.50 bits per heavy atom. The second kappa shape index (κ2) is 4.18. The summed E-state index contributed by atoms with van der Waals surface area (Å²) in [6, 6.07) is 0. The highest BCUT2D eigenvalue weighted by molar-refractivity contribution is 5.02. The number of aliphatic hydroxyl groups is 1. The molecule has 12 heavy (non-hydrogen) atoms. The Bertz CT molecular complexity index is 238. The minimum atomic E-state index is -0.976. The molecule has 68 valence electrons. The minimum Gasteiger partial charge on any atom is -0.388 e. The summed E-state index contributed by atoms with van der Waals surface area (Å²) in [4.78, 5) is 0. The number of aliphatic hydroxyl groups excluding tert-OH is 1. The quantitative estimate of drug-likeness (QED) is 0.655. The number of nitrogens with two attached hydrogens (primary N) is 1. The van der Waals surface area contributed by atoms with Gasteiger partial charge < -0.3 is 10.8 Å². The fourth-order valence-corrected chi connectivity index (χ4v) is 0.876. The largest absolute Gasteiger partial charge is 0.388 e. The van der Waals surface area contributed by atoms with Crippen molar-refractivity contribution in [3.8, 4) is 0 Å². The van der Waals surface area contributed by atoms with Crippen LogP contribution < -0.4 is 5.73 Å². The molecule has 0 amide bonds. The van der Waals surface area contributed by atoms with Crippen LogP contribution in [0.2, 0.25) is 0 Å². The Hall–Kier alpha value is -0.940. The van der Waals surface area contributed by atoms with Crippen molar-refractivity contribution in [2.24, 2.45) is 5.73 Å². The fourth-order valence-electron chi connectivity index (χ4n) is 0.876. The molecule has 1 unspecified atom stereocenters. The number of rotatable bonds is 4. The molecule has 0 fully saturated rings. The number of halogens is 1. The van der Waals surface area contributed by atoms with E-state index in [1.54, 1.807) is 12.4 Å².